The van der Waals surface area contributed by atoms with E-state index in [1.807, 2.05) is 6.92 Å². The monoisotopic (exact) mass is 166 g/mol. The first-order chi connectivity index (χ1) is 5.24. The molecule has 0 saturated carbocycles. The lowest BCUT2D eigenvalue weighted by Gasteiger charge is -2.03. The lowest BCUT2D eigenvalue weighted by Crippen LogP contribution is -2.19. The summed E-state index contributed by atoms with van der Waals surface area (Å²) in [6, 6.07) is 0. The predicted molar refractivity (Wildman–Crippen MR) is 45.8 cm³/mol. The Morgan fingerprint density at radius 2 is 2.09 bits per heavy atom. The van der Waals surface area contributed by atoms with Gasteiger partial charge in [-0.3, -0.25) is 4.79 Å². The molecule has 0 aromatic heterocycles. The second-order valence-corrected chi connectivity index (χ2v) is 3.62. The molecule has 0 aliphatic heterocycles. The highest BCUT2D eigenvalue weighted by atomic mass is 28.3. The van der Waals surface area contributed by atoms with Crippen molar-refractivity contribution in [3.05, 3.63) is 0 Å². The fourth-order valence-corrected chi connectivity index (χ4v) is 1.12. The average Bonchev–Trinajstić information content (AvgIpc) is 2.01. The minimum Gasteiger partial charge on any atom is -0.498 e. The molecule has 0 fully saturated rings. The van der Waals surface area contributed by atoms with Crippen molar-refractivity contribution in [2.45, 2.75) is 19.8 Å². The molecule has 0 radical (unpaired) electrons. The number of hydrogen-bond donors (Lipinski definition) is 0. The van der Waals surface area contributed by atoms with Gasteiger partial charge in [0.05, 0.1) is 0 Å². The Morgan fingerprint density at radius 3 is 2.45 bits per heavy atom. The van der Waals surface area contributed by atoms with Gasteiger partial charge in [-0.05, 0) is 6.42 Å². The van der Waals surface area contributed by atoms with Crippen molar-refractivity contribution in [1.82, 2.24) is 0 Å². The second kappa shape index (κ2) is 5.58. The molecule has 0 unspecified atom stereocenters. The molecular formula is C8H10O2Si. The van der Waals surface area contributed by atoms with E-state index in [0.29, 0.717) is 6.42 Å². The molecule has 0 rings (SSSR count). The van der Waals surface area contributed by atoms with Crippen molar-refractivity contribution in [3.8, 4) is 23.9 Å². The Hall–Kier alpha value is -1.19. The summed E-state index contributed by atoms with van der Waals surface area (Å²) in [4.78, 5) is 10.8. The van der Waals surface area contributed by atoms with Crippen LogP contribution in [0.15, 0.2) is 0 Å². The molecule has 0 aromatic rings. The van der Waals surface area contributed by atoms with E-state index in [1.165, 1.54) is 0 Å². The van der Waals surface area contributed by atoms with Crippen LogP contribution in [0.4, 0.5) is 0 Å². The van der Waals surface area contributed by atoms with Gasteiger partial charge in [-0.1, -0.05) is 18.0 Å². The Balaban J connectivity index is 3.77. The van der Waals surface area contributed by atoms with Gasteiger partial charge >= 0.3 is 9.04 Å². The Bertz CT molecular complexity index is 195. The number of carbonyl (C=O) groups excluding carboxylic acids is 1. The van der Waals surface area contributed by atoms with Crippen LogP contribution < -0.4 is 0 Å². The topological polar surface area (TPSA) is 26.3 Å². The highest BCUT2D eigenvalue weighted by Gasteiger charge is 2.09. The molecule has 0 bridgehead atoms. The fraction of sp³-hybridized carbons (Fsp3) is 0.375. The normalized spacial score (nSPS) is 8.36. The molecule has 0 heterocycles. The summed E-state index contributed by atoms with van der Waals surface area (Å²) < 4.78 is 4.82. The van der Waals surface area contributed by atoms with Gasteiger partial charge in [0.1, 0.15) is 0 Å². The first-order valence-electron chi connectivity index (χ1n) is 3.36. The zero-order valence-corrected chi connectivity index (χ0v) is 7.62. The van der Waals surface area contributed by atoms with Gasteiger partial charge in [0.25, 0.3) is 5.97 Å². The molecule has 2 nitrogen and oxygen atoms in total. The molecule has 11 heavy (non-hydrogen) atoms. The fourth-order valence-electron chi connectivity index (χ4n) is 0.511. The first-order valence-corrected chi connectivity index (χ1v) is 4.99. The summed E-state index contributed by atoms with van der Waals surface area (Å²) >= 11 is 0. The average molecular weight is 166 g/mol. The van der Waals surface area contributed by atoms with Crippen LogP contribution in [-0.2, 0) is 9.22 Å². The van der Waals surface area contributed by atoms with E-state index in [9.17, 15) is 4.79 Å². The third kappa shape index (κ3) is 4.24. The standard InChI is InChI=1S/C8H10O2Si/c1-4-7-8(9)10-11(5-2)6-3/h2-3,11H,4,7H2,1H3. The van der Waals surface area contributed by atoms with Crippen molar-refractivity contribution in [2.24, 2.45) is 0 Å². The third-order valence-electron chi connectivity index (χ3n) is 1.01. The summed E-state index contributed by atoms with van der Waals surface area (Å²) in [6.07, 6.45) is 11.2. The quantitative estimate of drug-likeness (QED) is 0.448. The molecular weight excluding hydrogens is 156 g/mol. The summed E-state index contributed by atoms with van der Waals surface area (Å²) in [5.74, 6) is -0.278. The molecule has 0 N–H and O–H groups in total. The van der Waals surface area contributed by atoms with E-state index in [-0.39, 0.29) is 5.97 Å². The number of rotatable bonds is 3. The van der Waals surface area contributed by atoms with Crippen molar-refractivity contribution in [1.29, 1.82) is 0 Å². The Labute approximate surface area is 68.7 Å². The largest absolute Gasteiger partial charge is 0.498 e. The van der Waals surface area contributed by atoms with Crippen molar-refractivity contribution in [2.75, 3.05) is 0 Å². The molecule has 0 aromatic carbocycles. The molecule has 0 saturated heterocycles. The van der Waals surface area contributed by atoms with Crippen LogP contribution in [0.1, 0.15) is 19.8 Å². The molecule has 0 aliphatic rings. The van der Waals surface area contributed by atoms with Crippen LogP contribution >= 0.6 is 0 Å². The maximum absolute atomic E-state index is 10.8. The lowest BCUT2D eigenvalue weighted by molar-refractivity contribution is -0.134. The van der Waals surface area contributed by atoms with Crippen LogP contribution in [0, 0.1) is 23.9 Å². The first kappa shape index (κ1) is 9.81. The van der Waals surface area contributed by atoms with Crippen molar-refractivity contribution in [3.63, 3.8) is 0 Å². The van der Waals surface area contributed by atoms with Crippen molar-refractivity contribution < 1.29 is 9.22 Å². The van der Waals surface area contributed by atoms with Gasteiger partial charge in [0, 0.05) is 6.42 Å². The maximum atomic E-state index is 10.8. The Kier molecular flexibility index (Phi) is 4.98. The molecule has 3 heteroatoms. The number of hydrogen-bond acceptors (Lipinski definition) is 2. The molecule has 0 atom stereocenters. The van der Waals surface area contributed by atoms with E-state index in [2.05, 4.69) is 11.1 Å². The SMILES string of the molecule is C#C[SiH](C#C)OC(=O)CCC. The lowest BCUT2D eigenvalue weighted by atomic mass is 10.4. The van der Waals surface area contributed by atoms with Gasteiger partial charge < -0.3 is 4.43 Å². The minimum absolute atomic E-state index is 0.278. The maximum Gasteiger partial charge on any atom is 0.398 e. The zero-order chi connectivity index (χ0) is 8.69. The number of carbonyl (C=O) groups is 1. The predicted octanol–water partition coefficient (Wildman–Crippen LogP) is 0.398. The summed E-state index contributed by atoms with van der Waals surface area (Å²) in [7, 11) is -2.08. The third-order valence-corrected chi connectivity index (χ3v) is 2.11. The van der Waals surface area contributed by atoms with E-state index in [4.69, 9.17) is 17.3 Å². The zero-order valence-electron chi connectivity index (χ0n) is 6.46. The number of terminal acetylenes is 2. The van der Waals surface area contributed by atoms with Crippen LogP contribution in [0.3, 0.4) is 0 Å². The molecule has 0 aliphatic carbocycles. The van der Waals surface area contributed by atoms with Gasteiger partial charge in [-0.25, -0.2) is 0 Å². The second-order valence-electron chi connectivity index (χ2n) is 1.95. The van der Waals surface area contributed by atoms with Crippen LogP contribution in [0.5, 0.6) is 0 Å². The van der Waals surface area contributed by atoms with E-state index in [1.54, 1.807) is 0 Å². The van der Waals surface area contributed by atoms with Gasteiger partial charge in [0.2, 0.25) is 0 Å². The smallest absolute Gasteiger partial charge is 0.398 e. The van der Waals surface area contributed by atoms with E-state index in [0.717, 1.165) is 6.42 Å². The van der Waals surface area contributed by atoms with Crippen molar-refractivity contribution >= 4 is 15.0 Å². The minimum atomic E-state index is -2.08. The highest BCUT2D eigenvalue weighted by Crippen LogP contribution is 1.92. The summed E-state index contributed by atoms with van der Waals surface area (Å²) in [5, 5.41) is 0. The van der Waals surface area contributed by atoms with Gasteiger partial charge in [-0.15, -0.1) is 12.8 Å². The summed E-state index contributed by atoms with van der Waals surface area (Å²) in [5.41, 5.74) is 4.60. The van der Waals surface area contributed by atoms with E-state index >= 15 is 0 Å². The molecule has 0 amide bonds. The molecule has 58 valence electrons. The van der Waals surface area contributed by atoms with Gasteiger partial charge in [-0.2, -0.15) is 0 Å². The van der Waals surface area contributed by atoms with Crippen LogP contribution in [0.2, 0.25) is 0 Å². The highest BCUT2D eigenvalue weighted by molar-refractivity contribution is 6.70. The molecule has 0 spiro atoms. The van der Waals surface area contributed by atoms with E-state index < -0.39 is 9.04 Å². The van der Waals surface area contributed by atoms with Crippen LogP contribution in [-0.4, -0.2) is 15.0 Å². The van der Waals surface area contributed by atoms with Crippen LogP contribution in [0.25, 0.3) is 0 Å². The Morgan fingerprint density at radius 1 is 1.55 bits per heavy atom. The summed E-state index contributed by atoms with van der Waals surface area (Å²) in [6.45, 7) is 1.89. The van der Waals surface area contributed by atoms with Gasteiger partial charge in [0.15, 0.2) is 0 Å².